The minimum Gasteiger partial charge on any atom is -0.494 e. The number of para-hydroxylation sites is 1. The summed E-state index contributed by atoms with van der Waals surface area (Å²) < 4.78 is 33.3. The van der Waals surface area contributed by atoms with E-state index in [0.29, 0.717) is 37.7 Å². The van der Waals surface area contributed by atoms with Crippen molar-refractivity contribution in [2.45, 2.75) is 51.3 Å². The number of sulfonamides is 1. The number of ether oxygens (including phenoxy) is 1. The van der Waals surface area contributed by atoms with E-state index in [9.17, 15) is 13.2 Å². The molecule has 0 aromatic heterocycles. The van der Waals surface area contributed by atoms with Crippen LogP contribution in [0.15, 0.2) is 47.4 Å². The van der Waals surface area contributed by atoms with Crippen molar-refractivity contribution < 1.29 is 17.9 Å². The molecule has 174 valence electrons. The molecule has 1 aliphatic rings. The fourth-order valence-corrected chi connectivity index (χ4v) is 5.46. The predicted octanol–water partition coefficient (Wildman–Crippen LogP) is 4.18. The lowest BCUT2D eigenvalue weighted by Crippen LogP contribution is -2.38. The Morgan fingerprint density at radius 2 is 1.88 bits per heavy atom. The van der Waals surface area contributed by atoms with E-state index in [1.807, 2.05) is 38.1 Å². The number of benzene rings is 2. The zero-order chi connectivity index (χ0) is 23.1. The largest absolute Gasteiger partial charge is 0.494 e. The molecule has 3 rings (SSSR count). The van der Waals surface area contributed by atoms with Crippen LogP contribution < -0.4 is 10.1 Å². The summed E-state index contributed by atoms with van der Waals surface area (Å²) in [6.07, 6.45) is 3.28. The lowest BCUT2D eigenvalue weighted by Gasteiger charge is -2.29. The third-order valence-electron chi connectivity index (χ3n) is 6.01. The summed E-state index contributed by atoms with van der Waals surface area (Å²) in [5.41, 5.74) is 2.28. The number of nitrogens with one attached hydrogen (secondary N) is 1. The molecule has 7 heteroatoms. The maximum Gasteiger partial charge on any atom is 0.251 e. The topological polar surface area (TPSA) is 75.7 Å². The zero-order valence-corrected chi connectivity index (χ0v) is 20.1. The number of hydrogen-bond donors (Lipinski definition) is 1. The van der Waals surface area contributed by atoms with Crippen LogP contribution in [0.25, 0.3) is 0 Å². The monoisotopic (exact) mass is 458 g/mol. The molecule has 0 aliphatic carbocycles. The van der Waals surface area contributed by atoms with Gasteiger partial charge in [0.15, 0.2) is 0 Å². The molecule has 0 unspecified atom stereocenters. The summed E-state index contributed by atoms with van der Waals surface area (Å²) in [6.45, 7) is 8.10. The normalized spacial score (nSPS) is 15.5. The van der Waals surface area contributed by atoms with E-state index in [-0.39, 0.29) is 10.8 Å². The van der Waals surface area contributed by atoms with Crippen molar-refractivity contribution in [3.63, 3.8) is 0 Å². The quantitative estimate of drug-likeness (QED) is 0.572. The van der Waals surface area contributed by atoms with Crippen LogP contribution in [0.4, 0.5) is 0 Å². The van der Waals surface area contributed by atoms with E-state index in [2.05, 4.69) is 12.2 Å². The van der Waals surface area contributed by atoms with Gasteiger partial charge < -0.3 is 10.1 Å². The fraction of sp³-hybridized carbons (Fsp3) is 0.480. The summed E-state index contributed by atoms with van der Waals surface area (Å²) in [6, 6.07) is 12.8. The van der Waals surface area contributed by atoms with Crippen molar-refractivity contribution in [2.24, 2.45) is 5.92 Å². The molecule has 1 N–H and O–H groups in total. The number of nitrogens with zero attached hydrogens (tertiary/aromatic N) is 1. The van der Waals surface area contributed by atoms with Gasteiger partial charge >= 0.3 is 0 Å². The zero-order valence-electron chi connectivity index (χ0n) is 19.3. The molecule has 0 radical (unpaired) electrons. The Morgan fingerprint density at radius 3 is 2.59 bits per heavy atom. The van der Waals surface area contributed by atoms with Crippen molar-refractivity contribution >= 4 is 15.9 Å². The molecule has 6 nitrogen and oxygen atoms in total. The molecule has 32 heavy (non-hydrogen) atoms. The fourth-order valence-electron chi connectivity index (χ4n) is 3.96. The highest BCUT2D eigenvalue weighted by molar-refractivity contribution is 7.89. The second kappa shape index (κ2) is 11.0. The number of piperidine rings is 1. The molecule has 0 atom stereocenters. The average molecular weight is 459 g/mol. The van der Waals surface area contributed by atoms with Crippen LogP contribution in [0.5, 0.6) is 5.75 Å². The van der Waals surface area contributed by atoms with Gasteiger partial charge in [0, 0.05) is 25.2 Å². The van der Waals surface area contributed by atoms with Gasteiger partial charge in [0.2, 0.25) is 10.0 Å². The van der Waals surface area contributed by atoms with Crippen LogP contribution in [-0.4, -0.2) is 44.9 Å². The van der Waals surface area contributed by atoms with Gasteiger partial charge in [0.1, 0.15) is 5.75 Å². The SMILES string of the molecule is CCOc1ccccc1CCCNC(=O)c1cc(S(=O)(=O)N2CCC(C)CC2)ccc1C. The number of aryl methyl sites for hydroxylation is 2. The van der Waals surface area contributed by atoms with Gasteiger partial charge in [-0.1, -0.05) is 31.2 Å². The first-order valence-electron chi connectivity index (χ1n) is 11.4. The molecule has 0 spiro atoms. The molecular weight excluding hydrogens is 424 g/mol. The number of rotatable bonds is 9. The minimum atomic E-state index is -3.59. The molecule has 1 amide bonds. The standard InChI is InChI=1S/C25H34N2O4S/c1-4-31-24-10-6-5-8-21(24)9-7-15-26-25(28)23-18-22(12-11-20(23)3)32(29,30)27-16-13-19(2)14-17-27/h5-6,8,10-12,18-19H,4,7,9,13-17H2,1-3H3,(H,26,28). The van der Waals surface area contributed by atoms with E-state index in [1.54, 1.807) is 12.1 Å². The third kappa shape index (κ3) is 5.90. The molecule has 0 bridgehead atoms. The van der Waals surface area contributed by atoms with Gasteiger partial charge in [-0.05, 0) is 74.8 Å². The molecule has 0 saturated carbocycles. The van der Waals surface area contributed by atoms with Crippen molar-refractivity contribution in [3.8, 4) is 5.75 Å². The number of carbonyl (C=O) groups is 1. The summed E-state index contributed by atoms with van der Waals surface area (Å²) in [5, 5.41) is 2.94. The summed E-state index contributed by atoms with van der Waals surface area (Å²) in [4.78, 5) is 13.0. The van der Waals surface area contributed by atoms with Gasteiger partial charge in [-0.2, -0.15) is 4.31 Å². The molecule has 2 aromatic rings. The van der Waals surface area contributed by atoms with E-state index in [0.717, 1.165) is 42.6 Å². The Balaban J connectivity index is 1.62. The van der Waals surface area contributed by atoms with E-state index in [4.69, 9.17) is 4.74 Å². The van der Waals surface area contributed by atoms with Gasteiger partial charge in [0.05, 0.1) is 11.5 Å². The van der Waals surface area contributed by atoms with Crippen molar-refractivity contribution in [1.82, 2.24) is 9.62 Å². The van der Waals surface area contributed by atoms with Gasteiger partial charge in [-0.3, -0.25) is 4.79 Å². The molecule has 1 heterocycles. The molecule has 2 aromatic carbocycles. The third-order valence-corrected chi connectivity index (χ3v) is 7.91. The van der Waals surface area contributed by atoms with E-state index in [1.165, 1.54) is 10.4 Å². The first-order chi connectivity index (χ1) is 15.3. The summed E-state index contributed by atoms with van der Waals surface area (Å²) in [7, 11) is -3.59. The number of carbonyl (C=O) groups excluding carboxylic acids is 1. The molecule has 1 aliphatic heterocycles. The maximum absolute atomic E-state index is 13.1. The Labute approximate surface area is 192 Å². The Bertz CT molecular complexity index is 1030. The minimum absolute atomic E-state index is 0.188. The number of amides is 1. The lowest BCUT2D eigenvalue weighted by atomic mass is 10.0. The van der Waals surface area contributed by atoms with Crippen LogP contribution in [-0.2, 0) is 16.4 Å². The Hall–Kier alpha value is -2.38. The smallest absolute Gasteiger partial charge is 0.251 e. The second-order valence-corrected chi connectivity index (χ2v) is 10.4. The second-order valence-electron chi connectivity index (χ2n) is 8.46. The van der Waals surface area contributed by atoms with Gasteiger partial charge in [-0.15, -0.1) is 0 Å². The van der Waals surface area contributed by atoms with Gasteiger partial charge in [-0.25, -0.2) is 8.42 Å². The van der Waals surface area contributed by atoms with Crippen molar-refractivity contribution in [2.75, 3.05) is 26.2 Å². The van der Waals surface area contributed by atoms with Gasteiger partial charge in [0.25, 0.3) is 5.91 Å². The van der Waals surface area contributed by atoms with Crippen LogP contribution in [0.3, 0.4) is 0 Å². The molecule has 1 saturated heterocycles. The van der Waals surface area contributed by atoms with Crippen LogP contribution in [0.1, 0.15) is 54.6 Å². The van der Waals surface area contributed by atoms with Crippen molar-refractivity contribution in [1.29, 1.82) is 0 Å². The Kier molecular flexibility index (Phi) is 8.32. The van der Waals surface area contributed by atoms with Crippen molar-refractivity contribution in [3.05, 3.63) is 59.2 Å². The lowest BCUT2D eigenvalue weighted by molar-refractivity contribution is 0.0952. The Morgan fingerprint density at radius 1 is 1.16 bits per heavy atom. The maximum atomic E-state index is 13.1. The predicted molar refractivity (Wildman–Crippen MR) is 127 cm³/mol. The highest BCUT2D eigenvalue weighted by atomic mass is 32.2. The number of hydrogen-bond acceptors (Lipinski definition) is 4. The first-order valence-corrected chi connectivity index (χ1v) is 12.9. The molecular formula is C25H34N2O4S. The van der Waals surface area contributed by atoms with Crippen LogP contribution >= 0.6 is 0 Å². The highest BCUT2D eigenvalue weighted by Crippen LogP contribution is 2.25. The van der Waals surface area contributed by atoms with E-state index < -0.39 is 10.0 Å². The average Bonchev–Trinajstić information content (AvgIpc) is 2.78. The van der Waals surface area contributed by atoms with E-state index >= 15 is 0 Å². The summed E-state index contributed by atoms with van der Waals surface area (Å²) >= 11 is 0. The van der Waals surface area contributed by atoms with Crippen LogP contribution in [0.2, 0.25) is 0 Å². The summed E-state index contributed by atoms with van der Waals surface area (Å²) in [5.74, 6) is 1.17. The highest BCUT2D eigenvalue weighted by Gasteiger charge is 2.28. The van der Waals surface area contributed by atoms with Crippen LogP contribution in [0, 0.1) is 12.8 Å². The first kappa shape index (κ1) is 24.3. The molecule has 1 fully saturated rings.